The number of para-hydroxylation sites is 1. The summed E-state index contributed by atoms with van der Waals surface area (Å²) >= 11 is 0. The molecule has 0 aromatic heterocycles. The summed E-state index contributed by atoms with van der Waals surface area (Å²) < 4.78 is 5.37. The van der Waals surface area contributed by atoms with Crippen molar-refractivity contribution in [3.8, 4) is 5.75 Å². The minimum Gasteiger partial charge on any atom is -0.496 e. The third kappa shape index (κ3) is 3.36. The van der Waals surface area contributed by atoms with Gasteiger partial charge in [0.2, 0.25) is 0 Å². The molecule has 0 aliphatic carbocycles. The van der Waals surface area contributed by atoms with E-state index in [-0.39, 0.29) is 25.1 Å². The Morgan fingerprint density at radius 3 is 2.61 bits per heavy atom. The lowest BCUT2D eigenvalue weighted by molar-refractivity contribution is 0.109. The van der Waals surface area contributed by atoms with Gasteiger partial charge < -0.3 is 15.2 Å². The Balaban J connectivity index is 0.00000162. The first-order valence-electron chi connectivity index (χ1n) is 6.05. The van der Waals surface area contributed by atoms with Crippen LogP contribution in [0.1, 0.15) is 11.6 Å². The zero-order valence-corrected chi connectivity index (χ0v) is 11.4. The van der Waals surface area contributed by atoms with Crippen molar-refractivity contribution in [1.29, 1.82) is 0 Å². The second kappa shape index (κ2) is 7.59. The topological polar surface area (TPSA) is 44.7 Å². The average Bonchev–Trinajstić information content (AvgIpc) is 2.41. The van der Waals surface area contributed by atoms with Crippen LogP contribution in [0.3, 0.4) is 0 Å². The first-order chi connectivity index (χ1) is 8.36. The second-order valence-corrected chi connectivity index (χ2v) is 4.23. The monoisotopic (exact) mass is 272 g/mol. The van der Waals surface area contributed by atoms with Gasteiger partial charge in [0.1, 0.15) is 5.75 Å². The lowest BCUT2D eigenvalue weighted by Crippen LogP contribution is -2.46. The van der Waals surface area contributed by atoms with E-state index in [0.29, 0.717) is 0 Å². The van der Waals surface area contributed by atoms with Gasteiger partial charge in [-0.25, -0.2) is 0 Å². The van der Waals surface area contributed by atoms with Gasteiger partial charge in [-0.3, -0.25) is 4.90 Å². The first-order valence-corrected chi connectivity index (χ1v) is 6.05. The largest absolute Gasteiger partial charge is 0.496 e. The van der Waals surface area contributed by atoms with Gasteiger partial charge in [0.05, 0.1) is 19.8 Å². The molecule has 18 heavy (non-hydrogen) atoms. The molecule has 5 heteroatoms. The third-order valence-corrected chi connectivity index (χ3v) is 3.26. The summed E-state index contributed by atoms with van der Waals surface area (Å²) in [6.45, 7) is 4.00. The molecule has 1 aromatic rings. The highest BCUT2D eigenvalue weighted by molar-refractivity contribution is 5.85. The minimum atomic E-state index is 0. The second-order valence-electron chi connectivity index (χ2n) is 4.23. The van der Waals surface area contributed by atoms with E-state index in [9.17, 15) is 5.11 Å². The molecule has 2 N–H and O–H groups in total. The SMILES string of the molecule is COc1ccccc1[C@@H](CO)N1CCNCC1.Cl. The molecular formula is C13H21ClN2O2. The molecule has 4 nitrogen and oxygen atoms in total. The Hall–Kier alpha value is -0.810. The standard InChI is InChI=1S/C13H20N2O2.ClH/c1-17-13-5-3-2-4-11(13)12(10-16)15-8-6-14-7-9-15;/h2-5,12,14,16H,6-10H2,1H3;1H/t12-;/m1./s1. The number of methoxy groups -OCH3 is 1. The molecule has 1 fully saturated rings. The lowest BCUT2D eigenvalue weighted by Gasteiger charge is -2.34. The Morgan fingerprint density at radius 1 is 1.33 bits per heavy atom. The number of rotatable bonds is 4. The summed E-state index contributed by atoms with van der Waals surface area (Å²) in [6.07, 6.45) is 0. The number of halogens is 1. The van der Waals surface area contributed by atoms with Gasteiger partial charge in [-0.15, -0.1) is 12.4 Å². The van der Waals surface area contributed by atoms with Gasteiger partial charge in [0, 0.05) is 31.7 Å². The minimum absolute atomic E-state index is 0. The van der Waals surface area contributed by atoms with Gasteiger partial charge in [0.25, 0.3) is 0 Å². The Morgan fingerprint density at radius 2 is 2.00 bits per heavy atom. The normalized spacial score (nSPS) is 17.9. The Labute approximate surface area is 114 Å². The number of benzene rings is 1. The number of aliphatic hydroxyl groups excluding tert-OH is 1. The Bertz CT molecular complexity index is 357. The maximum atomic E-state index is 9.63. The van der Waals surface area contributed by atoms with Crippen molar-refractivity contribution in [3.63, 3.8) is 0 Å². The van der Waals surface area contributed by atoms with Crippen LogP contribution in [0.5, 0.6) is 5.75 Å². The first kappa shape index (κ1) is 15.2. The summed E-state index contributed by atoms with van der Waals surface area (Å²) in [5.41, 5.74) is 1.07. The number of piperazine rings is 1. The van der Waals surface area contributed by atoms with Crippen LogP contribution in [0.15, 0.2) is 24.3 Å². The quantitative estimate of drug-likeness (QED) is 0.860. The van der Waals surface area contributed by atoms with Gasteiger partial charge in [-0.05, 0) is 6.07 Å². The molecule has 0 bridgehead atoms. The number of aliphatic hydroxyl groups is 1. The third-order valence-electron chi connectivity index (χ3n) is 3.26. The van der Waals surface area contributed by atoms with E-state index in [2.05, 4.69) is 10.2 Å². The molecule has 1 aliphatic heterocycles. The fourth-order valence-electron chi connectivity index (χ4n) is 2.35. The molecule has 0 amide bonds. The number of ether oxygens (including phenoxy) is 1. The van der Waals surface area contributed by atoms with Crippen molar-refractivity contribution in [1.82, 2.24) is 10.2 Å². The van der Waals surface area contributed by atoms with Crippen LogP contribution in [0.25, 0.3) is 0 Å². The van der Waals surface area contributed by atoms with Crippen LogP contribution in [-0.2, 0) is 0 Å². The molecule has 1 saturated heterocycles. The van der Waals surface area contributed by atoms with Crippen LogP contribution in [0.4, 0.5) is 0 Å². The Kier molecular flexibility index (Phi) is 6.43. The van der Waals surface area contributed by atoms with Gasteiger partial charge in [0.15, 0.2) is 0 Å². The van der Waals surface area contributed by atoms with Crippen molar-refractivity contribution in [2.45, 2.75) is 6.04 Å². The molecule has 2 rings (SSSR count). The molecule has 0 spiro atoms. The van der Waals surface area contributed by atoms with Crippen molar-refractivity contribution >= 4 is 12.4 Å². The van der Waals surface area contributed by atoms with E-state index < -0.39 is 0 Å². The van der Waals surface area contributed by atoms with Crippen LogP contribution in [0, 0.1) is 0 Å². The van der Waals surface area contributed by atoms with Crippen molar-refractivity contribution in [2.75, 3.05) is 39.9 Å². The van der Waals surface area contributed by atoms with Crippen LogP contribution in [-0.4, -0.2) is 49.9 Å². The van der Waals surface area contributed by atoms with E-state index in [4.69, 9.17) is 4.74 Å². The fourth-order valence-corrected chi connectivity index (χ4v) is 2.35. The zero-order valence-electron chi connectivity index (χ0n) is 10.6. The molecule has 1 atom stereocenters. The van der Waals surface area contributed by atoms with Crippen molar-refractivity contribution in [2.24, 2.45) is 0 Å². The van der Waals surface area contributed by atoms with Crippen LogP contribution >= 0.6 is 12.4 Å². The van der Waals surface area contributed by atoms with Crippen LogP contribution in [0.2, 0.25) is 0 Å². The summed E-state index contributed by atoms with van der Waals surface area (Å²) in [4.78, 5) is 2.30. The maximum Gasteiger partial charge on any atom is 0.123 e. The predicted molar refractivity (Wildman–Crippen MR) is 74.5 cm³/mol. The predicted octanol–water partition coefficient (Wildman–Crippen LogP) is 1.06. The van der Waals surface area contributed by atoms with Crippen LogP contribution < -0.4 is 10.1 Å². The van der Waals surface area contributed by atoms with Gasteiger partial charge in [-0.2, -0.15) is 0 Å². The summed E-state index contributed by atoms with van der Waals surface area (Å²) in [5, 5.41) is 13.0. The summed E-state index contributed by atoms with van der Waals surface area (Å²) in [7, 11) is 1.67. The van der Waals surface area contributed by atoms with E-state index in [1.807, 2.05) is 24.3 Å². The molecule has 0 unspecified atom stereocenters. The molecule has 1 aromatic carbocycles. The highest BCUT2D eigenvalue weighted by Gasteiger charge is 2.23. The fraction of sp³-hybridized carbons (Fsp3) is 0.538. The summed E-state index contributed by atoms with van der Waals surface area (Å²) in [6, 6.07) is 7.95. The van der Waals surface area contributed by atoms with Crippen molar-refractivity contribution in [3.05, 3.63) is 29.8 Å². The van der Waals surface area contributed by atoms with E-state index in [0.717, 1.165) is 37.5 Å². The number of hydrogen-bond acceptors (Lipinski definition) is 4. The number of nitrogens with one attached hydrogen (secondary N) is 1. The van der Waals surface area contributed by atoms with Crippen molar-refractivity contribution < 1.29 is 9.84 Å². The van der Waals surface area contributed by atoms with E-state index >= 15 is 0 Å². The van der Waals surface area contributed by atoms with Gasteiger partial charge >= 0.3 is 0 Å². The van der Waals surface area contributed by atoms with E-state index in [1.165, 1.54) is 0 Å². The lowest BCUT2D eigenvalue weighted by atomic mass is 10.0. The smallest absolute Gasteiger partial charge is 0.123 e. The molecule has 102 valence electrons. The molecule has 1 heterocycles. The molecule has 0 saturated carbocycles. The average molecular weight is 273 g/mol. The highest BCUT2D eigenvalue weighted by Crippen LogP contribution is 2.28. The number of nitrogens with zero attached hydrogens (tertiary/aromatic N) is 1. The maximum absolute atomic E-state index is 9.63. The van der Waals surface area contributed by atoms with Gasteiger partial charge in [-0.1, -0.05) is 18.2 Å². The zero-order chi connectivity index (χ0) is 12.1. The summed E-state index contributed by atoms with van der Waals surface area (Å²) in [5.74, 6) is 0.852. The van der Waals surface area contributed by atoms with E-state index in [1.54, 1.807) is 7.11 Å². The highest BCUT2D eigenvalue weighted by atomic mass is 35.5. The molecule has 1 aliphatic rings. The number of hydrogen-bond donors (Lipinski definition) is 2. The molecule has 0 radical (unpaired) electrons. The molecular weight excluding hydrogens is 252 g/mol.